The molecule has 0 fully saturated rings. The Morgan fingerprint density at radius 3 is 2.59 bits per heavy atom. The zero-order valence-electron chi connectivity index (χ0n) is 11.5. The molecule has 0 saturated carbocycles. The Hall–Kier alpha value is -2.29. The summed E-state index contributed by atoms with van der Waals surface area (Å²) >= 11 is 0. The smallest absolute Gasteiger partial charge is 0.387 e. The van der Waals surface area contributed by atoms with E-state index in [4.69, 9.17) is 9.84 Å². The second-order valence-corrected chi connectivity index (χ2v) is 4.16. The first kappa shape index (κ1) is 17.8. The fraction of sp³-hybridized carbons (Fsp3) is 0.385. The van der Waals surface area contributed by atoms with E-state index in [0.29, 0.717) is 6.07 Å². The number of carboxylic acid groups (broad SMARTS) is 1. The summed E-state index contributed by atoms with van der Waals surface area (Å²) in [5.74, 6) is -3.84. The number of carbonyl (C=O) groups excluding carboxylic acids is 1. The van der Waals surface area contributed by atoms with Gasteiger partial charge >= 0.3 is 12.6 Å². The number of methoxy groups -OCH3 is 1. The van der Waals surface area contributed by atoms with Gasteiger partial charge in [0.25, 0.3) is 5.91 Å². The average molecular weight is 321 g/mol. The quantitative estimate of drug-likeness (QED) is 0.760. The van der Waals surface area contributed by atoms with Crippen LogP contribution in [0, 0.1) is 5.82 Å². The summed E-state index contributed by atoms with van der Waals surface area (Å²) in [5, 5.41) is 11.1. The summed E-state index contributed by atoms with van der Waals surface area (Å²) in [6.07, 6.45) is -0.0240. The number of alkyl halides is 2. The molecule has 1 aromatic rings. The molecule has 0 saturated heterocycles. The molecule has 0 bridgehead atoms. The highest BCUT2D eigenvalue weighted by Gasteiger charge is 2.23. The van der Waals surface area contributed by atoms with Crippen LogP contribution in [-0.2, 0) is 9.53 Å². The van der Waals surface area contributed by atoms with Gasteiger partial charge in [0.05, 0.1) is 5.56 Å². The van der Waals surface area contributed by atoms with Crippen molar-refractivity contribution in [1.82, 2.24) is 5.32 Å². The minimum Gasteiger partial charge on any atom is -0.480 e. The fourth-order valence-electron chi connectivity index (χ4n) is 1.61. The van der Waals surface area contributed by atoms with Gasteiger partial charge < -0.3 is 19.9 Å². The van der Waals surface area contributed by atoms with Crippen molar-refractivity contribution in [3.8, 4) is 5.75 Å². The Bertz CT molecular complexity index is 538. The summed E-state index contributed by atoms with van der Waals surface area (Å²) in [6.45, 7) is -3.18. The van der Waals surface area contributed by atoms with Gasteiger partial charge in [-0.05, 0) is 12.1 Å². The molecule has 1 unspecified atom stereocenters. The molecule has 0 aliphatic carbocycles. The van der Waals surface area contributed by atoms with Crippen molar-refractivity contribution in [1.29, 1.82) is 0 Å². The SMILES string of the molecule is COCCC(NC(=O)c1ccc(F)cc1OC(F)F)C(=O)O. The number of amides is 1. The Morgan fingerprint density at radius 1 is 1.36 bits per heavy atom. The van der Waals surface area contributed by atoms with E-state index in [1.807, 2.05) is 0 Å². The van der Waals surface area contributed by atoms with E-state index < -0.39 is 41.7 Å². The molecule has 0 aliphatic heterocycles. The molecule has 9 heteroatoms. The van der Waals surface area contributed by atoms with Gasteiger partial charge in [-0.3, -0.25) is 4.79 Å². The van der Waals surface area contributed by atoms with E-state index in [2.05, 4.69) is 10.1 Å². The van der Waals surface area contributed by atoms with E-state index in [1.54, 1.807) is 0 Å². The number of carbonyl (C=O) groups is 2. The van der Waals surface area contributed by atoms with Gasteiger partial charge in [-0.1, -0.05) is 0 Å². The van der Waals surface area contributed by atoms with Gasteiger partial charge in [0.1, 0.15) is 17.6 Å². The normalized spacial score (nSPS) is 12.0. The van der Waals surface area contributed by atoms with Gasteiger partial charge in [-0.15, -0.1) is 0 Å². The molecule has 1 aromatic carbocycles. The molecule has 0 radical (unpaired) electrons. The zero-order valence-corrected chi connectivity index (χ0v) is 11.5. The summed E-state index contributed by atoms with van der Waals surface area (Å²) in [7, 11) is 1.36. The number of halogens is 3. The molecular weight excluding hydrogens is 307 g/mol. The maximum atomic E-state index is 13.1. The number of hydrogen-bond donors (Lipinski definition) is 2. The van der Waals surface area contributed by atoms with Crippen LogP contribution in [0.5, 0.6) is 5.75 Å². The van der Waals surface area contributed by atoms with Crippen LogP contribution in [0.2, 0.25) is 0 Å². The first-order chi connectivity index (χ1) is 10.3. The predicted molar refractivity (Wildman–Crippen MR) is 68.4 cm³/mol. The molecule has 22 heavy (non-hydrogen) atoms. The van der Waals surface area contributed by atoms with Crippen LogP contribution < -0.4 is 10.1 Å². The van der Waals surface area contributed by atoms with Crippen molar-refractivity contribution in [2.75, 3.05) is 13.7 Å². The number of benzene rings is 1. The maximum Gasteiger partial charge on any atom is 0.387 e. The fourth-order valence-corrected chi connectivity index (χ4v) is 1.61. The zero-order chi connectivity index (χ0) is 16.7. The lowest BCUT2D eigenvalue weighted by molar-refractivity contribution is -0.139. The molecule has 1 atom stereocenters. The third-order valence-corrected chi connectivity index (χ3v) is 2.62. The highest BCUT2D eigenvalue weighted by atomic mass is 19.3. The number of carboxylic acids is 1. The van der Waals surface area contributed by atoms with Crippen molar-refractivity contribution >= 4 is 11.9 Å². The monoisotopic (exact) mass is 321 g/mol. The second kappa shape index (κ2) is 8.23. The Labute approximate surface area is 123 Å². The minimum atomic E-state index is -3.25. The Kier molecular flexibility index (Phi) is 6.64. The van der Waals surface area contributed by atoms with Crippen LogP contribution in [0.25, 0.3) is 0 Å². The van der Waals surface area contributed by atoms with Gasteiger partial charge in [-0.2, -0.15) is 8.78 Å². The summed E-state index contributed by atoms with van der Waals surface area (Å²) < 4.78 is 46.4. The first-order valence-electron chi connectivity index (χ1n) is 6.12. The van der Waals surface area contributed by atoms with Gasteiger partial charge in [0, 0.05) is 26.2 Å². The molecule has 0 aliphatic rings. The molecule has 1 amide bonds. The van der Waals surface area contributed by atoms with Crippen molar-refractivity contribution in [2.24, 2.45) is 0 Å². The average Bonchev–Trinajstić information content (AvgIpc) is 2.42. The minimum absolute atomic E-state index is 0.0240. The molecular formula is C13H14F3NO5. The number of aliphatic carboxylic acids is 1. The summed E-state index contributed by atoms with van der Waals surface area (Å²) in [4.78, 5) is 23.0. The van der Waals surface area contributed by atoms with Crippen molar-refractivity contribution in [3.63, 3.8) is 0 Å². The molecule has 1 rings (SSSR count). The number of ether oxygens (including phenoxy) is 2. The lowest BCUT2D eigenvalue weighted by atomic mass is 10.1. The third-order valence-electron chi connectivity index (χ3n) is 2.62. The van der Waals surface area contributed by atoms with Crippen LogP contribution in [0.1, 0.15) is 16.8 Å². The topological polar surface area (TPSA) is 84.9 Å². The van der Waals surface area contributed by atoms with Crippen LogP contribution in [0.15, 0.2) is 18.2 Å². The van der Waals surface area contributed by atoms with Crippen molar-refractivity contribution < 1.29 is 37.3 Å². The van der Waals surface area contributed by atoms with Crippen molar-refractivity contribution in [2.45, 2.75) is 19.1 Å². The van der Waals surface area contributed by atoms with Gasteiger partial charge in [-0.25, -0.2) is 9.18 Å². The summed E-state index contributed by atoms with van der Waals surface area (Å²) in [5.41, 5.74) is -0.398. The standard InChI is InChI=1S/C13H14F3NO5/c1-21-5-4-9(12(19)20)17-11(18)8-3-2-7(14)6-10(8)22-13(15)16/h2-3,6,9,13H,4-5H2,1H3,(H,17,18)(H,19,20). The molecule has 0 aromatic heterocycles. The first-order valence-corrected chi connectivity index (χ1v) is 6.12. The Balaban J connectivity index is 2.93. The van der Waals surface area contributed by atoms with Crippen LogP contribution in [0.3, 0.4) is 0 Å². The van der Waals surface area contributed by atoms with Crippen LogP contribution in [0.4, 0.5) is 13.2 Å². The molecule has 0 spiro atoms. The maximum absolute atomic E-state index is 13.1. The van der Waals surface area contributed by atoms with Gasteiger partial charge in [0.2, 0.25) is 0 Å². The number of rotatable bonds is 8. The van der Waals surface area contributed by atoms with E-state index in [1.165, 1.54) is 7.11 Å². The van der Waals surface area contributed by atoms with Crippen molar-refractivity contribution in [3.05, 3.63) is 29.6 Å². The largest absolute Gasteiger partial charge is 0.480 e. The van der Waals surface area contributed by atoms with Crippen LogP contribution in [-0.4, -0.2) is 43.4 Å². The van der Waals surface area contributed by atoms with Gasteiger partial charge in [0.15, 0.2) is 0 Å². The lowest BCUT2D eigenvalue weighted by Crippen LogP contribution is -2.41. The van der Waals surface area contributed by atoms with E-state index >= 15 is 0 Å². The highest BCUT2D eigenvalue weighted by molar-refractivity contribution is 5.98. The van der Waals surface area contributed by atoms with Crippen LogP contribution >= 0.6 is 0 Å². The van der Waals surface area contributed by atoms with E-state index in [-0.39, 0.29) is 13.0 Å². The predicted octanol–water partition coefficient (Wildman–Crippen LogP) is 1.65. The lowest BCUT2D eigenvalue weighted by Gasteiger charge is -2.16. The number of nitrogens with one attached hydrogen (secondary N) is 1. The Morgan fingerprint density at radius 2 is 2.05 bits per heavy atom. The molecule has 2 N–H and O–H groups in total. The summed E-state index contributed by atoms with van der Waals surface area (Å²) in [6, 6.07) is 1.14. The third kappa shape index (κ3) is 5.24. The molecule has 122 valence electrons. The molecule has 0 heterocycles. The number of hydrogen-bond acceptors (Lipinski definition) is 4. The van der Waals surface area contributed by atoms with E-state index in [9.17, 15) is 22.8 Å². The second-order valence-electron chi connectivity index (χ2n) is 4.16. The molecule has 6 nitrogen and oxygen atoms in total. The highest BCUT2D eigenvalue weighted by Crippen LogP contribution is 2.22. The van der Waals surface area contributed by atoms with E-state index in [0.717, 1.165) is 12.1 Å².